The maximum Gasteiger partial charge on any atom is 0.164 e. The van der Waals surface area contributed by atoms with Gasteiger partial charge in [0.15, 0.2) is 17.5 Å². The van der Waals surface area contributed by atoms with E-state index in [-0.39, 0.29) is 0 Å². The molecule has 0 radical (unpaired) electrons. The molecule has 1 aliphatic rings. The largest absolute Gasteiger partial charge is 0.456 e. The zero-order valence-corrected chi connectivity index (χ0v) is 27.5. The molecule has 1 aliphatic heterocycles. The molecule has 238 valence electrons. The molecule has 0 bridgehead atoms. The second-order valence-electron chi connectivity index (χ2n) is 12.9. The van der Waals surface area contributed by atoms with Crippen molar-refractivity contribution in [3.63, 3.8) is 0 Å². The van der Waals surface area contributed by atoms with Gasteiger partial charge in [0.1, 0.15) is 11.5 Å². The zero-order valence-electron chi connectivity index (χ0n) is 27.5. The number of fused-ring (bicyclic) bond motifs is 3. The number of nitrogens with zero attached hydrogens (tertiary/aromatic N) is 3. The fourth-order valence-corrected chi connectivity index (χ4v) is 7.10. The number of hydrogen-bond donors (Lipinski definition) is 0. The van der Waals surface area contributed by atoms with E-state index in [4.69, 9.17) is 19.7 Å². The Labute approximate surface area is 295 Å². The molecule has 9 aromatic rings. The van der Waals surface area contributed by atoms with Gasteiger partial charge in [-0.2, -0.15) is 0 Å². The molecule has 0 aliphatic carbocycles. The Morgan fingerprint density at radius 1 is 0.294 bits per heavy atom. The first-order chi connectivity index (χ1) is 25.2. The van der Waals surface area contributed by atoms with E-state index >= 15 is 0 Å². The number of aromatic nitrogens is 3. The van der Waals surface area contributed by atoms with E-state index in [9.17, 15) is 0 Å². The standard InChI is InChI=1S/C47H29N3O/c1-3-9-30(10-4-1)31-17-19-34(20-18-31)46-48-45(33-11-5-2-6-12-33)49-47(50-46)39-24-23-35-27-36(21-22-37(35)28-39)38-25-26-42-41(29-38)40-15-7-13-32-14-8-16-43(51-42)44(32)40/h1-29H. The highest BCUT2D eigenvalue weighted by Gasteiger charge is 2.20. The molecule has 10 rings (SSSR count). The minimum Gasteiger partial charge on any atom is -0.456 e. The van der Waals surface area contributed by atoms with Crippen LogP contribution in [0.4, 0.5) is 0 Å². The monoisotopic (exact) mass is 651 g/mol. The average molecular weight is 652 g/mol. The van der Waals surface area contributed by atoms with Gasteiger partial charge in [0.2, 0.25) is 0 Å². The van der Waals surface area contributed by atoms with Crippen LogP contribution in [-0.4, -0.2) is 15.0 Å². The predicted molar refractivity (Wildman–Crippen MR) is 208 cm³/mol. The quantitative estimate of drug-likeness (QED) is 0.186. The zero-order chi connectivity index (χ0) is 33.7. The van der Waals surface area contributed by atoms with Gasteiger partial charge in [-0.25, -0.2) is 15.0 Å². The summed E-state index contributed by atoms with van der Waals surface area (Å²) >= 11 is 0. The van der Waals surface area contributed by atoms with Gasteiger partial charge in [-0.1, -0.05) is 146 Å². The Morgan fingerprint density at radius 3 is 1.53 bits per heavy atom. The summed E-state index contributed by atoms with van der Waals surface area (Å²) in [5.41, 5.74) is 9.77. The highest BCUT2D eigenvalue weighted by atomic mass is 16.5. The van der Waals surface area contributed by atoms with Crippen LogP contribution in [0.25, 0.3) is 89.1 Å². The molecule has 0 fully saturated rings. The smallest absolute Gasteiger partial charge is 0.164 e. The van der Waals surface area contributed by atoms with Crippen LogP contribution < -0.4 is 4.74 Å². The maximum absolute atomic E-state index is 6.35. The molecule has 0 spiro atoms. The number of ether oxygens (including phenoxy) is 1. The van der Waals surface area contributed by atoms with Gasteiger partial charge in [-0.05, 0) is 74.3 Å². The van der Waals surface area contributed by atoms with E-state index < -0.39 is 0 Å². The summed E-state index contributed by atoms with van der Waals surface area (Å²) < 4.78 is 6.35. The lowest BCUT2D eigenvalue weighted by Gasteiger charge is -2.22. The maximum atomic E-state index is 6.35. The highest BCUT2D eigenvalue weighted by molar-refractivity contribution is 6.04. The van der Waals surface area contributed by atoms with Crippen LogP contribution in [0.15, 0.2) is 176 Å². The number of benzene rings is 8. The Balaban J connectivity index is 1.02. The van der Waals surface area contributed by atoms with Gasteiger partial charge in [-0.15, -0.1) is 0 Å². The van der Waals surface area contributed by atoms with Crippen LogP contribution in [0.1, 0.15) is 0 Å². The van der Waals surface area contributed by atoms with Crippen molar-refractivity contribution in [2.24, 2.45) is 0 Å². The summed E-state index contributed by atoms with van der Waals surface area (Å²) in [4.78, 5) is 14.9. The lowest BCUT2D eigenvalue weighted by Crippen LogP contribution is -2.00. The van der Waals surface area contributed by atoms with Crippen molar-refractivity contribution in [2.45, 2.75) is 0 Å². The van der Waals surface area contributed by atoms with Crippen molar-refractivity contribution in [3.8, 4) is 79.0 Å². The Morgan fingerprint density at radius 2 is 0.804 bits per heavy atom. The third kappa shape index (κ3) is 5.22. The summed E-state index contributed by atoms with van der Waals surface area (Å²) in [6.45, 7) is 0. The summed E-state index contributed by atoms with van der Waals surface area (Å²) in [7, 11) is 0. The molecule has 8 aromatic carbocycles. The summed E-state index contributed by atoms with van der Waals surface area (Å²) in [5.74, 6) is 3.72. The average Bonchev–Trinajstić information content (AvgIpc) is 3.21. The molecular formula is C47H29N3O. The molecule has 0 N–H and O–H groups in total. The van der Waals surface area contributed by atoms with Gasteiger partial charge in [0.25, 0.3) is 0 Å². The second-order valence-corrected chi connectivity index (χ2v) is 12.9. The molecule has 0 saturated heterocycles. The van der Waals surface area contributed by atoms with Crippen molar-refractivity contribution in [1.82, 2.24) is 15.0 Å². The van der Waals surface area contributed by atoms with Gasteiger partial charge < -0.3 is 4.74 Å². The highest BCUT2D eigenvalue weighted by Crippen LogP contribution is 2.47. The number of rotatable bonds is 5. The van der Waals surface area contributed by atoms with Crippen LogP contribution in [0.5, 0.6) is 11.5 Å². The van der Waals surface area contributed by atoms with Crippen molar-refractivity contribution < 1.29 is 4.74 Å². The van der Waals surface area contributed by atoms with Crippen molar-refractivity contribution in [1.29, 1.82) is 0 Å². The lowest BCUT2D eigenvalue weighted by atomic mass is 9.92. The molecule has 4 heteroatoms. The van der Waals surface area contributed by atoms with E-state index in [1.807, 2.05) is 48.5 Å². The molecule has 0 saturated carbocycles. The Bertz CT molecular complexity index is 2750. The Hall–Kier alpha value is -6.91. The minimum absolute atomic E-state index is 0.640. The van der Waals surface area contributed by atoms with E-state index in [1.165, 1.54) is 16.5 Å². The van der Waals surface area contributed by atoms with Gasteiger partial charge in [0, 0.05) is 27.6 Å². The van der Waals surface area contributed by atoms with E-state index in [1.54, 1.807) is 0 Å². The molecule has 0 amide bonds. The van der Waals surface area contributed by atoms with E-state index in [0.29, 0.717) is 17.5 Å². The van der Waals surface area contributed by atoms with Crippen LogP contribution >= 0.6 is 0 Å². The molecule has 4 nitrogen and oxygen atoms in total. The summed E-state index contributed by atoms with van der Waals surface area (Å²) in [6, 6.07) is 61.1. The summed E-state index contributed by atoms with van der Waals surface area (Å²) in [5, 5.41) is 4.61. The van der Waals surface area contributed by atoms with E-state index in [0.717, 1.165) is 66.6 Å². The second kappa shape index (κ2) is 11.9. The fraction of sp³-hybridized carbons (Fsp3) is 0. The first-order valence-corrected chi connectivity index (χ1v) is 17.1. The Kier molecular flexibility index (Phi) is 6.78. The first kappa shape index (κ1) is 29.0. The predicted octanol–water partition coefficient (Wildman–Crippen LogP) is 12.3. The van der Waals surface area contributed by atoms with Gasteiger partial charge >= 0.3 is 0 Å². The van der Waals surface area contributed by atoms with Gasteiger partial charge in [0.05, 0.1) is 0 Å². The molecule has 0 atom stereocenters. The van der Waals surface area contributed by atoms with Crippen LogP contribution in [0.3, 0.4) is 0 Å². The summed E-state index contributed by atoms with van der Waals surface area (Å²) in [6.07, 6.45) is 0. The van der Waals surface area contributed by atoms with Crippen molar-refractivity contribution in [2.75, 3.05) is 0 Å². The lowest BCUT2D eigenvalue weighted by molar-refractivity contribution is 0.487. The molecule has 1 aromatic heterocycles. The minimum atomic E-state index is 0.640. The third-order valence-corrected chi connectivity index (χ3v) is 9.71. The molecular weight excluding hydrogens is 623 g/mol. The fourth-order valence-electron chi connectivity index (χ4n) is 7.10. The van der Waals surface area contributed by atoms with E-state index in [2.05, 4.69) is 127 Å². The van der Waals surface area contributed by atoms with Crippen LogP contribution in [0, 0.1) is 0 Å². The van der Waals surface area contributed by atoms with Gasteiger partial charge in [-0.3, -0.25) is 0 Å². The number of hydrogen-bond acceptors (Lipinski definition) is 4. The SMILES string of the molecule is c1ccc(-c2ccc(-c3nc(-c4ccccc4)nc(-c4ccc5cc(-c6ccc7c(c6)-c6cccc8cccc(c68)O7)ccc5c4)n3)cc2)cc1. The molecule has 0 unspecified atom stereocenters. The topological polar surface area (TPSA) is 47.9 Å². The first-order valence-electron chi connectivity index (χ1n) is 17.1. The third-order valence-electron chi connectivity index (χ3n) is 9.71. The van der Waals surface area contributed by atoms with Crippen LogP contribution in [-0.2, 0) is 0 Å². The molecule has 2 heterocycles. The normalized spacial score (nSPS) is 11.7. The molecule has 51 heavy (non-hydrogen) atoms. The van der Waals surface area contributed by atoms with Crippen LogP contribution in [0.2, 0.25) is 0 Å². The van der Waals surface area contributed by atoms with Crippen molar-refractivity contribution >= 4 is 21.5 Å². The van der Waals surface area contributed by atoms with Crippen molar-refractivity contribution in [3.05, 3.63) is 176 Å².